The van der Waals surface area contributed by atoms with Crippen molar-refractivity contribution in [3.8, 4) is 0 Å². The first-order chi connectivity index (χ1) is 10.6. The van der Waals surface area contributed by atoms with Crippen LogP contribution in [0.5, 0.6) is 0 Å². The van der Waals surface area contributed by atoms with E-state index < -0.39 is 34.1 Å². The molecule has 23 heavy (non-hydrogen) atoms. The molecular weight excluding hydrogens is 449 g/mol. The minimum absolute atomic E-state index is 0.0506. The van der Waals surface area contributed by atoms with E-state index in [-0.39, 0.29) is 10.5 Å². The highest BCUT2D eigenvalue weighted by Crippen LogP contribution is 2.32. The molecule has 0 atom stereocenters. The maximum atomic E-state index is 13.8. The van der Waals surface area contributed by atoms with Crippen molar-refractivity contribution in [2.75, 3.05) is 0 Å². The first kappa shape index (κ1) is 18.1. The molecule has 0 bridgehead atoms. The van der Waals surface area contributed by atoms with Gasteiger partial charge in [-0.15, -0.1) is 0 Å². The molecule has 0 amide bonds. The van der Waals surface area contributed by atoms with Gasteiger partial charge < -0.3 is 0 Å². The van der Waals surface area contributed by atoms with Gasteiger partial charge in [-0.25, -0.2) is 17.5 Å². The summed E-state index contributed by atoms with van der Waals surface area (Å²) >= 11 is 2.00. The van der Waals surface area contributed by atoms with Gasteiger partial charge in [0.25, 0.3) is 0 Å². The van der Waals surface area contributed by atoms with E-state index in [4.69, 9.17) is 0 Å². The van der Waals surface area contributed by atoms with Gasteiger partial charge in [0.2, 0.25) is 10.0 Å². The third kappa shape index (κ3) is 4.42. The monoisotopic (exact) mass is 459 g/mol. The van der Waals surface area contributed by atoms with E-state index in [0.29, 0.717) is 6.07 Å². The molecule has 0 unspecified atom stereocenters. The van der Waals surface area contributed by atoms with Gasteiger partial charge >= 0.3 is 6.18 Å². The highest BCUT2D eigenvalue weighted by molar-refractivity contribution is 14.1. The highest BCUT2D eigenvalue weighted by Gasteiger charge is 2.34. The van der Waals surface area contributed by atoms with Crippen molar-refractivity contribution in [3.63, 3.8) is 0 Å². The molecule has 9 heteroatoms. The van der Waals surface area contributed by atoms with Crippen LogP contribution in [0.25, 0.3) is 0 Å². The van der Waals surface area contributed by atoms with E-state index in [1.54, 1.807) is 12.1 Å². The van der Waals surface area contributed by atoms with Gasteiger partial charge in [-0.1, -0.05) is 12.1 Å². The lowest BCUT2D eigenvalue weighted by atomic mass is 10.1. The van der Waals surface area contributed by atoms with Gasteiger partial charge in [-0.05, 0) is 52.9 Å². The molecule has 2 rings (SSSR count). The van der Waals surface area contributed by atoms with Crippen LogP contribution in [0.3, 0.4) is 0 Å². The summed E-state index contributed by atoms with van der Waals surface area (Å²) < 4.78 is 78.7. The van der Waals surface area contributed by atoms with Crippen LogP contribution in [0.1, 0.15) is 11.1 Å². The fourth-order valence-electron chi connectivity index (χ4n) is 1.81. The summed E-state index contributed by atoms with van der Waals surface area (Å²) in [6.07, 6.45) is -4.84. The molecule has 124 valence electrons. The predicted molar refractivity (Wildman–Crippen MR) is 84.6 cm³/mol. The Morgan fingerprint density at radius 3 is 2.22 bits per heavy atom. The third-order valence-corrected chi connectivity index (χ3v) is 5.10. The molecule has 0 aliphatic heterocycles. The Morgan fingerprint density at radius 2 is 1.65 bits per heavy atom. The Kier molecular flexibility index (Phi) is 5.31. The zero-order valence-electron chi connectivity index (χ0n) is 11.4. The van der Waals surface area contributed by atoms with Crippen LogP contribution in [-0.4, -0.2) is 8.42 Å². The number of sulfonamides is 1. The zero-order chi connectivity index (χ0) is 17.3. The second-order valence-corrected chi connectivity index (χ2v) is 7.57. The van der Waals surface area contributed by atoms with Crippen LogP contribution in [-0.2, 0) is 22.7 Å². The first-order valence-corrected chi connectivity index (χ1v) is 8.77. The summed E-state index contributed by atoms with van der Waals surface area (Å²) in [7, 11) is -3.94. The van der Waals surface area contributed by atoms with Crippen molar-refractivity contribution in [2.45, 2.75) is 17.6 Å². The molecule has 0 spiro atoms. The summed E-state index contributed by atoms with van der Waals surface area (Å²) in [6, 6.07) is 8.58. The normalized spacial score (nSPS) is 12.4. The molecule has 0 fully saturated rings. The highest BCUT2D eigenvalue weighted by atomic mass is 127. The number of nitrogens with one attached hydrogen (secondary N) is 1. The molecule has 0 radical (unpaired) electrons. The zero-order valence-corrected chi connectivity index (χ0v) is 14.3. The summed E-state index contributed by atoms with van der Waals surface area (Å²) in [5.74, 6) is -1.48. The Bertz CT molecular complexity index is 805. The van der Waals surface area contributed by atoms with E-state index in [0.717, 1.165) is 15.7 Å². The number of halogens is 5. The maximum Gasteiger partial charge on any atom is 0.419 e. The van der Waals surface area contributed by atoms with E-state index in [2.05, 4.69) is 4.72 Å². The number of rotatable bonds is 4. The number of benzene rings is 2. The molecule has 2 aromatic rings. The van der Waals surface area contributed by atoms with Gasteiger partial charge in [-0.2, -0.15) is 13.2 Å². The van der Waals surface area contributed by atoms with Gasteiger partial charge in [-0.3, -0.25) is 0 Å². The molecule has 0 heterocycles. The van der Waals surface area contributed by atoms with Gasteiger partial charge in [0.05, 0.1) is 10.5 Å². The van der Waals surface area contributed by atoms with E-state index in [1.165, 1.54) is 12.1 Å². The van der Waals surface area contributed by atoms with Gasteiger partial charge in [0.1, 0.15) is 5.82 Å². The Hall–Kier alpha value is -1.20. The van der Waals surface area contributed by atoms with Crippen molar-refractivity contribution in [1.29, 1.82) is 0 Å². The molecule has 1 N–H and O–H groups in total. The molecule has 0 aliphatic rings. The number of alkyl halides is 3. The summed E-state index contributed by atoms with van der Waals surface area (Å²) in [5.41, 5.74) is -1.81. The fourth-order valence-corrected chi connectivity index (χ4v) is 3.17. The predicted octanol–water partition coefficient (Wildman–Crippen LogP) is 3.93. The second-order valence-electron chi connectivity index (χ2n) is 4.55. The fraction of sp³-hybridized carbons (Fsp3) is 0.143. The topological polar surface area (TPSA) is 46.2 Å². The molecule has 3 nitrogen and oxygen atoms in total. The van der Waals surface area contributed by atoms with Crippen molar-refractivity contribution >= 4 is 32.6 Å². The number of hydrogen-bond donors (Lipinski definition) is 1. The lowest BCUT2D eigenvalue weighted by molar-refractivity contribution is -0.140. The van der Waals surface area contributed by atoms with Crippen molar-refractivity contribution in [1.82, 2.24) is 4.72 Å². The lowest BCUT2D eigenvalue weighted by Gasteiger charge is -2.12. The molecular formula is C14H10F4INO2S. The molecule has 0 aliphatic carbocycles. The van der Waals surface area contributed by atoms with Crippen LogP contribution in [0.2, 0.25) is 0 Å². The van der Waals surface area contributed by atoms with Crippen LogP contribution in [0.4, 0.5) is 17.6 Å². The molecule has 2 aromatic carbocycles. The first-order valence-electron chi connectivity index (χ1n) is 6.21. The Balaban J connectivity index is 2.22. The van der Waals surface area contributed by atoms with E-state index in [1.807, 2.05) is 22.6 Å². The van der Waals surface area contributed by atoms with Crippen molar-refractivity contribution in [2.24, 2.45) is 0 Å². The third-order valence-electron chi connectivity index (χ3n) is 2.96. The average Bonchev–Trinajstić information content (AvgIpc) is 2.45. The SMILES string of the molecule is O=S(=O)(NCc1cccc(C(F)(F)F)c1F)c1ccc(I)cc1. The lowest BCUT2D eigenvalue weighted by Crippen LogP contribution is -2.24. The van der Waals surface area contributed by atoms with Gasteiger partial charge in [0, 0.05) is 15.7 Å². The van der Waals surface area contributed by atoms with Crippen molar-refractivity contribution < 1.29 is 26.0 Å². The van der Waals surface area contributed by atoms with Crippen LogP contribution < -0.4 is 4.72 Å². The average molecular weight is 459 g/mol. The van der Waals surface area contributed by atoms with E-state index in [9.17, 15) is 26.0 Å². The quantitative estimate of drug-likeness (QED) is 0.557. The maximum absolute atomic E-state index is 13.8. The molecule has 0 saturated carbocycles. The summed E-state index contributed by atoms with van der Waals surface area (Å²) in [6.45, 7) is -0.579. The van der Waals surface area contributed by atoms with Crippen LogP contribution in [0.15, 0.2) is 47.4 Å². The molecule has 0 saturated heterocycles. The number of hydrogen-bond acceptors (Lipinski definition) is 2. The van der Waals surface area contributed by atoms with Gasteiger partial charge in [0.15, 0.2) is 0 Å². The smallest absolute Gasteiger partial charge is 0.207 e. The van der Waals surface area contributed by atoms with Crippen LogP contribution in [0, 0.1) is 9.39 Å². The molecule has 0 aromatic heterocycles. The Morgan fingerprint density at radius 1 is 1.04 bits per heavy atom. The minimum atomic E-state index is -4.84. The summed E-state index contributed by atoms with van der Waals surface area (Å²) in [4.78, 5) is -0.0506. The Labute approximate surface area is 143 Å². The largest absolute Gasteiger partial charge is 0.419 e. The van der Waals surface area contributed by atoms with Crippen molar-refractivity contribution in [3.05, 3.63) is 63.0 Å². The summed E-state index contributed by atoms with van der Waals surface area (Å²) in [5, 5.41) is 0. The second kappa shape index (κ2) is 6.73. The minimum Gasteiger partial charge on any atom is -0.207 e. The standard InChI is InChI=1S/C14H10F4INO2S/c15-13-9(2-1-3-12(13)14(16,17)18)8-20-23(21,22)11-6-4-10(19)5-7-11/h1-7,20H,8H2. The van der Waals surface area contributed by atoms with Crippen LogP contribution >= 0.6 is 22.6 Å². The van der Waals surface area contributed by atoms with E-state index >= 15 is 0 Å².